The van der Waals surface area contributed by atoms with E-state index in [-0.39, 0.29) is 24.0 Å². The first-order valence-corrected chi connectivity index (χ1v) is 9.15. The summed E-state index contributed by atoms with van der Waals surface area (Å²) in [6.45, 7) is 8.58. The van der Waals surface area contributed by atoms with Crippen LogP contribution in [0.4, 0.5) is 0 Å². The summed E-state index contributed by atoms with van der Waals surface area (Å²) in [6.07, 6.45) is 3.81. The number of likely N-dealkylation sites (N-methyl/N-ethyl adjacent to an activating group) is 1. The molecule has 0 spiro atoms. The molecule has 2 aliphatic rings. The number of aliphatic imine (C=N–C) groups is 1. The number of hydrogen-bond acceptors (Lipinski definition) is 2. The molecule has 1 aromatic rings. The first kappa shape index (κ1) is 19.5. The predicted molar refractivity (Wildman–Crippen MR) is 112 cm³/mol. The molecule has 0 amide bonds. The van der Waals surface area contributed by atoms with Crippen LogP contribution in [0.1, 0.15) is 44.6 Å². The molecule has 5 heteroatoms. The van der Waals surface area contributed by atoms with Crippen molar-refractivity contribution >= 4 is 29.9 Å². The van der Waals surface area contributed by atoms with Crippen LogP contribution in [0.2, 0.25) is 0 Å². The fraction of sp³-hybridized carbons (Fsp3) is 0.632. The van der Waals surface area contributed by atoms with Gasteiger partial charge >= 0.3 is 0 Å². The molecule has 24 heavy (non-hydrogen) atoms. The Kier molecular flexibility index (Phi) is 7.81. The van der Waals surface area contributed by atoms with Crippen LogP contribution in [0.3, 0.4) is 0 Å². The lowest BCUT2D eigenvalue weighted by Crippen LogP contribution is -2.40. The number of nitrogens with zero attached hydrogens (tertiary/aromatic N) is 2. The predicted octanol–water partition coefficient (Wildman–Crippen LogP) is 3.20. The Morgan fingerprint density at radius 1 is 1.25 bits per heavy atom. The van der Waals surface area contributed by atoms with Gasteiger partial charge in [0, 0.05) is 24.5 Å². The lowest BCUT2D eigenvalue weighted by atomic mass is 10.1. The molecule has 1 aliphatic carbocycles. The Morgan fingerprint density at radius 2 is 2.04 bits per heavy atom. The Hall–Kier alpha value is -0.820. The largest absolute Gasteiger partial charge is 0.357 e. The Bertz CT molecular complexity index is 519. The van der Waals surface area contributed by atoms with Gasteiger partial charge in [0.25, 0.3) is 0 Å². The molecular formula is C19H31IN4. The van der Waals surface area contributed by atoms with E-state index in [0.717, 1.165) is 25.6 Å². The molecule has 2 fully saturated rings. The molecule has 134 valence electrons. The normalized spacial score (nSPS) is 26.8. The zero-order chi connectivity index (χ0) is 16.1. The number of likely N-dealkylation sites (tertiary alicyclic amines) is 1. The molecule has 0 radical (unpaired) electrons. The second kappa shape index (κ2) is 9.61. The number of hydrogen-bond donors (Lipinski definition) is 2. The molecule has 3 unspecified atom stereocenters. The van der Waals surface area contributed by atoms with Crippen LogP contribution in [0.25, 0.3) is 0 Å². The van der Waals surface area contributed by atoms with Gasteiger partial charge in [-0.2, -0.15) is 0 Å². The summed E-state index contributed by atoms with van der Waals surface area (Å²) in [5.74, 6) is 1.62. The van der Waals surface area contributed by atoms with Gasteiger partial charge in [-0.15, -0.1) is 24.0 Å². The van der Waals surface area contributed by atoms with E-state index in [2.05, 4.69) is 59.7 Å². The van der Waals surface area contributed by atoms with Gasteiger partial charge in [-0.25, -0.2) is 0 Å². The Labute approximate surface area is 163 Å². The zero-order valence-electron chi connectivity index (χ0n) is 14.9. The van der Waals surface area contributed by atoms with E-state index < -0.39 is 0 Å². The van der Waals surface area contributed by atoms with Crippen LogP contribution < -0.4 is 10.6 Å². The van der Waals surface area contributed by atoms with Crippen molar-refractivity contribution in [2.45, 2.75) is 51.1 Å². The molecule has 3 rings (SSSR count). The smallest absolute Gasteiger partial charge is 0.191 e. The van der Waals surface area contributed by atoms with Crippen molar-refractivity contribution < 1.29 is 0 Å². The highest BCUT2D eigenvalue weighted by Crippen LogP contribution is 2.40. The van der Waals surface area contributed by atoms with Crippen LogP contribution in [-0.2, 0) is 0 Å². The molecule has 1 saturated heterocycles. The van der Waals surface area contributed by atoms with Crippen LogP contribution in [0.15, 0.2) is 35.3 Å². The SMILES string of the molecule is CCNC(=NCC1CCCN1CC)NC1CC1c1ccccc1.I. The van der Waals surface area contributed by atoms with E-state index in [1.807, 2.05) is 0 Å². The summed E-state index contributed by atoms with van der Waals surface area (Å²) >= 11 is 0. The molecule has 3 atom stereocenters. The fourth-order valence-corrected chi connectivity index (χ4v) is 3.63. The van der Waals surface area contributed by atoms with Gasteiger partial charge in [0.2, 0.25) is 0 Å². The van der Waals surface area contributed by atoms with Gasteiger partial charge in [0.1, 0.15) is 0 Å². The molecule has 1 saturated carbocycles. The third kappa shape index (κ3) is 5.09. The van der Waals surface area contributed by atoms with Crippen molar-refractivity contribution in [2.24, 2.45) is 4.99 Å². The average Bonchev–Trinajstić information content (AvgIpc) is 3.20. The molecule has 2 N–H and O–H groups in total. The van der Waals surface area contributed by atoms with E-state index >= 15 is 0 Å². The quantitative estimate of drug-likeness (QED) is 0.404. The Balaban J connectivity index is 0.00000208. The molecule has 4 nitrogen and oxygen atoms in total. The number of rotatable bonds is 6. The van der Waals surface area contributed by atoms with Crippen LogP contribution in [-0.4, -0.2) is 49.1 Å². The minimum Gasteiger partial charge on any atom is -0.357 e. The van der Waals surface area contributed by atoms with E-state index in [9.17, 15) is 0 Å². The van der Waals surface area contributed by atoms with Crippen LogP contribution in [0.5, 0.6) is 0 Å². The van der Waals surface area contributed by atoms with E-state index in [1.165, 1.54) is 31.4 Å². The van der Waals surface area contributed by atoms with Gasteiger partial charge in [-0.3, -0.25) is 9.89 Å². The monoisotopic (exact) mass is 442 g/mol. The zero-order valence-corrected chi connectivity index (χ0v) is 17.2. The minimum atomic E-state index is 0. The van der Waals surface area contributed by atoms with Crippen molar-refractivity contribution in [3.63, 3.8) is 0 Å². The first-order valence-electron chi connectivity index (χ1n) is 9.15. The molecule has 1 heterocycles. The summed E-state index contributed by atoms with van der Waals surface area (Å²) in [6, 6.07) is 12.0. The lowest BCUT2D eigenvalue weighted by molar-refractivity contribution is 0.273. The van der Waals surface area contributed by atoms with E-state index in [4.69, 9.17) is 4.99 Å². The average molecular weight is 442 g/mol. The number of guanidine groups is 1. The molecule has 1 aliphatic heterocycles. The maximum atomic E-state index is 4.85. The summed E-state index contributed by atoms with van der Waals surface area (Å²) < 4.78 is 0. The second-order valence-electron chi connectivity index (χ2n) is 6.65. The van der Waals surface area contributed by atoms with Gasteiger partial charge < -0.3 is 10.6 Å². The standard InChI is InChI=1S/C19H30N4.HI/c1-3-20-19(21-14-16-11-8-12-23(16)4-2)22-18-13-17(18)15-9-6-5-7-10-15;/h5-7,9-10,16-18H,3-4,8,11-14H2,1-2H3,(H2,20,21,22);1H. The van der Waals surface area contributed by atoms with Crippen molar-refractivity contribution in [1.29, 1.82) is 0 Å². The van der Waals surface area contributed by atoms with Gasteiger partial charge in [0.05, 0.1) is 6.54 Å². The van der Waals surface area contributed by atoms with E-state index in [0.29, 0.717) is 18.0 Å². The highest BCUT2D eigenvalue weighted by molar-refractivity contribution is 14.0. The summed E-state index contributed by atoms with van der Waals surface area (Å²) in [5, 5.41) is 7.02. The summed E-state index contributed by atoms with van der Waals surface area (Å²) in [5.41, 5.74) is 1.44. The summed E-state index contributed by atoms with van der Waals surface area (Å²) in [4.78, 5) is 7.41. The maximum absolute atomic E-state index is 4.85. The minimum absolute atomic E-state index is 0. The van der Waals surface area contributed by atoms with E-state index in [1.54, 1.807) is 0 Å². The lowest BCUT2D eigenvalue weighted by Gasteiger charge is -2.21. The molecule has 1 aromatic carbocycles. The number of benzene rings is 1. The van der Waals surface area contributed by atoms with Crippen LogP contribution in [0, 0.1) is 0 Å². The van der Waals surface area contributed by atoms with Crippen molar-refractivity contribution in [2.75, 3.05) is 26.2 Å². The molecular weight excluding hydrogens is 411 g/mol. The Morgan fingerprint density at radius 3 is 2.75 bits per heavy atom. The van der Waals surface area contributed by atoms with Crippen LogP contribution >= 0.6 is 24.0 Å². The molecule has 0 bridgehead atoms. The van der Waals surface area contributed by atoms with Crippen molar-refractivity contribution in [3.05, 3.63) is 35.9 Å². The van der Waals surface area contributed by atoms with Crippen molar-refractivity contribution in [3.8, 4) is 0 Å². The number of nitrogens with one attached hydrogen (secondary N) is 2. The third-order valence-electron chi connectivity index (χ3n) is 5.05. The molecule has 0 aromatic heterocycles. The van der Waals surface area contributed by atoms with Gasteiger partial charge in [-0.05, 0) is 44.8 Å². The van der Waals surface area contributed by atoms with Gasteiger partial charge in [-0.1, -0.05) is 37.3 Å². The third-order valence-corrected chi connectivity index (χ3v) is 5.05. The first-order chi connectivity index (χ1) is 11.3. The van der Waals surface area contributed by atoms with Crippen molar-refractivity contribution in [1.82, 2.24) is 15.5 Å². The number of halogens is 1. The maximum Gasteiger partial charge on any atom is 0.191 e. The highest BCUT2D eigenvalue weighted by Gasteiger charge is 2.38. The second-order valence-corrected chi connectivity index (χ2v) is 6.65. The topological polar surface area (TPSA) is 39.7 Å². The fourth-order valence-electron chi connectivity index (χ4n) is 3.63. The summed E-state index contributed by atoms with van der Waals surface area (Å²) in [7, 11) is 0. The van der Waals surface area contributed by atoms with Gasteiger partial charge in [0.15, 0.2) is 5.96 Å². The highest BCUT2D eigenvalue weighted by atomic mass is 127.